The standard InChI is InChI=1S/C22H29FN4O3S/c1-24-22(25-11-18-31(28,29)21-10-6-5-9-20(21)23)27-14-12-26(13-15-27)16-17-30-19-7-3-2-4-8-19/h2-10H,11-18H2,1H3,(H,24,25). The molecule has 3 rings (SSSR count). The second-order valence-electron chi connectivity index (χ2n) is 7.21. The highest BCUT2D eigenvalue weighted by molar-refractivity contribution is 7.91. The van der Waals surface area contributed by atoms with Crippen molar-refractivity contribution in [3.05, 3.63) is 60.4 Å². The smallest absolute Gasteiger partial charge is 0.193 e. The van der Waals surface area contributed by atoms with Gasteiger partial charge in [0.1, 0.15) is 23.1 Å². The average Bonchev–Trinajstić information content (AvgIpc) is 2.78. The minimum Gasteiger partial charge on any atom is -0.492 e. The highest BCUT2D eigenvalue weighted by atomic mass is 32.2. The van der Waals surface area contributed by atoms with E-state index in [0.29, 0.717) is 12.6 Å². The van der Waals surface area contributed by atoms with Gasteiger partial charge in [-0.15, -0.1) is 0 Å². The van der Waals surface area contributed by atoms with Crippen LogP contribution in [-0.4, -0.2) is 82.9 Å². The minimum atomic E-state index is -3.70. The summed E-state index contributed by atoms with van der Waals surface area (Å²) >= 11 is 0. The van der Waals surface area contributed by atoms with Gasteiger partial charge in [-0.3, -0.25) is 9.89 Å². The Morgan fingerprint density at radius 1 is 1.06 bits per heavy atom. The van der Waals surface area contributed by atoms with Gasteiger partial charge in [-0.2, -0.15) is 0 Å². The van der Waals surface area contributed by atoms with Crippen LogP contribution in [0.25, 0.3) is 0 Å². The molecule has 0 amide bonds. The van der Waals surface area contributed by atoms with Gasteiger partial charge in [-0.05, 0) is 24.3 Å². The number of aliphatic imine (C=N–C) groups is 1. The maximum Gasteiger partial charge on any atom is 0.193 e. The fourth-order valence-electron chi connectivity index (χ4n) is 3.43. The fourth-order valence-corrected chi connectivity index (χ4v) is 4.67. The molecule has 0 bridgehead atoms. The van der Waals surface area contributed by atoms with Gasteiger partial charge < -0.3 is 15.0 Å². The zero-order valence-corrected chi connectivity index (χ0v) is 18.5. The van der Waals surface area contributed by atoms with Crippen LogP contribution in [0.3, 0.4) is 0 Å². The number of hydrogen-bond acceptors (Lipinski definition) is 5. The fraction of sp³-hybridized carbons (Fsp3) is 0.409. The Morgan fingerprint density at radius 3 is 2.42 bits per heavy atom. The molecule has 1 N–H and O–H groups in total. The topological polar surface area (TPSA) is 74.2 Å². The third-order valence-corrected chi connectivity index (χ3v) is 6.87. The molecule has 0 saturated carbocycles. The summed E-state index contributed by atoms with van der Waals surface area (Å²) in [4.78, 5) is 8.43. The van der Waals surface area contributed by atoms with Gasteiger partial charge in [-0.1, -0.05) is 30.3 Å². The normalized spacial score (nSPS) is 15.7. The molecule has 7 nitrogen and oxygen atoms in total. The van der Waals surface area contributed by atoms with E-state index in [0.717, 1.165) is 44.5 Å². The molecular formula is C22H29FN4O3S. The highest BCUT2D eigenvalue weighted by Crippen LogP contribution is 2.15. The molecule has 31 heavy (non-hydrogen) atoms. The van der Waals surface area contributed by atoms with Crippen molar-refractivity contribution < 1.29 is 17.5 Å². The molecule has 1 fully saturated rings. The number of halogens is 1. The Morgan fingerprint density at radius 2 is 1.74 bits per heavy atom. The maximum absolute atomic E-state index is 13.8. The predicted molar refractivity (Wildman–Crippen MR) is 120 cm³/mol. The first-order chi connectivity index (χ1) is 15.0. The first kappa shape index (κ1) is 23.0. The molecule has 2 aromatic rings. The third kappa shape index (κ3) is 6.67. The molecular weight excluding hydrogens is 419 g/mol. The van der Waals surface area contributed by atoms with Crippen molar-refractivity contribution in [1.82, 2.24) is 15.1 Å². The van der Waals surface area contributed by atoms with Gasteiger partial charge in [0.15, 0.2) is 15.8 Å². The van der Waals surface area contributed by atoms with E-state index in [1.54, 1.807) is 7.05 Å². The Kier molecular flexibility index (Phi) is 8.25. The van der Waals surface area contributed by atoms with Crippen LogP contribution < -0.4 is 10.1 Å². The van der Waals surface area contributed by atoms with Crippen LogP contribution in [0.1, 0.15) is 0 Å². The van der Waals surface area contributed by atoms with Gasteiger partial charge in [0.25, 0.3) is 0 Å². The van der Waals surface area contributed by atoms with Crippen molar-refractivity contribution in [2.45, 2.75) is 4.90 Å². The lowest BCUT2D eigenvalue weighted by atomic mass is 10.3. The summed E-state index contributed by atoms with van der Waals surface area (Å²) in [5.74, 6) is 0.600. The molecule has 1 aliphatic heterocycles. The van der Waals surface area contributed by atoms with Crippen LogP contribution >= 0.6 is 0 Å². The van der Waals surface area contributed by atoms with E-state index in [1.807, 2.05) is 30.3 Å². The number of rotatable bonds is 8. The molecule has 1 aliphatic rings. The van der Waals surface area contributed by atoms with Crippen molar-refractivity contribution in [2.75, 3.05) is 58.7 Å². The van der Waals surface area contributed by atoms with Crippen LogP contribution in [0.15, 0.2) is 64.5 Å². The molecule has 1 heterocycles. The molecule has 0 atom stereocenters. The van der Waals surface area contributed by atoms with Crippen LogP contribution in [0.5, 0.6) is 5.75 Å². The number of para-hydroxylation sites is 1. The summed E-state index contributed by atoms with van der Waals surface area (Å²) in [5.41, 5.74) is 0. The molecule has 9 heteroatoms. The van der Waals surface area contributed by atoms with E-state index in [4.69, 9.17) is 4.74 Å². The predicted octanol–water partition coefficient (Wildman–Crippen LogP) is 1.87. The van der Waals surface area contributed by atoms with E-state index in [2.05, 4.69) is 20.1 Å². The van der Waals surface area contributed by atoms with Crippen molar-refractivity contribution in [2.24, 2.45) is 4.99 Å². The minimum absolute atomic E-state index is 0.161. The number of piperazine rings is 1. The Hall–Kier alpha value is -2.65. The molecule has 1 saturated heterocycles. The Balaban J connectivity index is 1.40. The lowest BCUT2D eigenvalue weighted by Crippen LogP contribution is -2.53. The maximum atomic E-state index is 13.8. The number of sulfone groups is 1. The molecule has 0 aromatic heterocycles. The van der Waals surface area contributed by atoms with Crippen LogP contribution in [-0.2, 0) is 9.84 Å². The number of ether oxygens (including phenoxy) is 1. The van der Waals surface area contributed by atoms with Gasteiger partial charge >= 0.3 is 0 Å². The number of hydrogen-bond donors (Lipinski definition) is 1. The Bertz CT molecular complexity index is 962. The summed E-state index contributed by atoms with van der Waals surface area (Å²) in [7, 11) is -2.03. The first-order valence-corrected chi connectivity index (χ1v) is 12.0. The van der Waals surface area contributed by atoms with Gasteiger partial charge in [0, 0.05) is 46.3 Å². The van der Waals surface area contributed by atoms with Gasteiger partial charge in [0.2, 0.25) is 0 Å². The van der Waals surface area contributed by atoms with Crippen LogP contribution in [0.2, 0.25) is 0 Å². The summed E-state index contributed by atoms with van der Waals surface area (Å²) in [6.45, 7) is 4.93. The second-order valence-corrected chi connectivity index (χ2v) is 9.29. The summed E-state index contributed by atoms with van der Waals surface area (Å²) in [6.07, 6.45) is 0. The molecule has 2 aromatic carbocycles. The number of benzene rings is 2. The van der Waals surface area contributed by atoms with E-state index >= 15 is 0 Å². The quantitative estimate of drug-likeness (QED) is 0.491. The number of guanidine groups is 1. The third-order valence-electron chi connectivity index (χ3n) is 5.13. The summed E-state index contributed by atoms with van der Waals surface area (Å²) in [6, 6.07) is 15.2. The average molecular weight is 449 g/mol. The molecule has 168 valence electrons. The molecule has 0 spiro atoms. The zero-order valence-electron chi connectivity index (χ0n) is 17.7. The molecule has 0 aliphatic carbocycles. The van der Waals surface area contributed by atoms with E-state index < -0.39 is 15.7 Å². The van der Waals surface area contributed by atoms with Crippen molar-refractivity contribution in [3.63, 3.8) is 0 Å². The van der Waals surface area contributed by atoms with E-state index in [1.165, 1.54) is 18.2 Å². The van der Waals surface area contributed by atoms with Gasteiger partial charge in [-0.25, -0.2) is 12.8 Å². The van der Waals surface area contributed by atoms with Crippen molar-refractivity contribution in [1.29, 1.82) is 0 Å². The largest absolute Gasteiger partial charge is 0.492 e. The highest BCUT2D eigenvalue weighted by Gasteiger charge is 2.21. The SMILES string of the molecule is CN=C(NCCS(=O)(=O)c1ccccc1F)N1CCN(CCOc2ccccc2)CC1. The molecule has 0 radical (unpaired) electrons. The van der Waals surface area contributed by atoms with Crippen LogP contribution in [0.4, 0.5) is 4.39 Å². The first-order valence-electron chi connectivity index (χ1n) is 10.3. The lowest BCUT2D eigenvalue weighted by molar-refractivity contribution is 0.152. The van der Waals surface area contributed by atoms with E-state index in [-0.39, 0.29) is 17.2 Å². The second kappa shape index (κ2) is 11.1. The van der Waals surface area contributed by atoms with Crippen LogP contribution in [0, 0.1) is 5.82 Å². The van der Waals surface area contributed by atoms with Crippen molar-refractivity contribution in [3.8, 4) is 5.75 Å². The monoisotopic (exact) mass is 448 g/mol. The number of nitrogens with one attached hydrogen (secondary N) is 1. The molecule has 0 unspecified atom stereocenters. The summed E-state index contributed by atoms with van der Waals surface area (Å²) in [5, 5.41) is 3.10. The zero-order chi connectivity index (χ0) is 22.1. The van der Waals surface area contributed by atoms with Crippen molar-refractivity contribution >= 4 is 15.8 Å². The lowest BCUT2D eigenvalue weighted by Gasteiger charge is -2.36. The van der Waals surface area contributed by atoms with E-state index in [9.17, 15) is 12.8 Å². The Labute approximate surface area is 183 Å². The summed E-state index contributed by atoms with van der Waals surface area (Å²) < 4.78 is 44.3. The van der Waals surface area contributed by atoms with Gasteiger partial charge in [0.05, 0.1) is 5.75 Å². The number of nitrogens with zero attached hydrogens (tertiary/aromatic N) is 3.